The molecule has 5 heteroatoms. The van der Waals surface area contributed by atoms with E-state index in [4.69, 9.17) is 5.73 Å². The van der Waals surface area contributed by atoms with Crippen molar-refractivity contribution >= 4 is 11.8 Å². The van der Waals surface area contributed by atoms with Gasteiger partial charge >= 0.3 is 6.18 Å². The Morgan fingerprint density at radius 1 is 1.00 bits per heavy atom. The molecule has 1 nitrogen and oxygen atoms in total. The molecule has 0 saturated heterocycles. The molecule has 0 fully saturated rings. The third-order valence-corrected chi connectivity index (χ3v) is 4.39. The van der Waals surface area contributed by atoms with Crippen LogP contribution in [0.4, 0.5) is 13.2 Å². The van der Waals surface area contributed by atoms with Crippen LogP contribution in [-0.2, 0) is 12.7 Å². The monoisotopic (exact) mass is 311 g/mol. The van der Waals surface area contributed by atoms with Gasteiger partial charge < -0.3 is 5.73 Å². The Labute approximate surface area is 126 Å². The van der Waals surface area contributed by atoms with Gasteiger partial charge in [-0.3, -0.25) is 0 Å². The van der Waals surface area contributed by atoms with Crippen molar-refractivity contribution in [3.8, 4) is 0 Å². The van der Waals surface area contributed by atoms with Crippen LogP contribution in [0.15, 0.2) is 46.2 Å². The lowest BCUT2D eigenvalue weighted by Gasteiger charge is -2.15. The Kier molecular flexibility index (Phi) is 4.64. The molecule has 0 aliphatic carbocycles. The van der Waals surface area contributed by atoms with Gasteiger partial charge in [-0.05, 0) is 43.2 Å². The second-order valence-corrected chi connectivity index (χ2v) is 5.99. The predicted octanol–water partition coefficient (Wildman–Crippen LogP) is 4.93. The number of hydrogen-bond donors (Lipinski definition) is 1. The van der Waals surface area contributed by atoms with Crippen LogP contribution in [-0.4, -0.2) is 0 Å². The van der Waals surface area contributed by atoms with Gasteiger partial charge in [0.05, 0.1) is 5.56 Å². The molecular formula is C16H16F3NS. The first-order valence-electron chi connectivity index (χ1n) is 6.46. The molecule has 0 unspecified atom stereocenters. The zero-order valence-electron chi connectivity index (χ0n) is 11.8. The Morgan fingerprint density at radius 2 is 1.67 bits per heavy atom. The molecule has 0 amide bonds. The molecule has 112 valence electrons. The van der Waals surface area contributed by atoms with Crippen LogP contribution in [0.5, 0.6) is 0 Å². The third-order valence-electron chi connectivity index (χ3n) is 3.14. The maximum Gasteiger partial charge on any atom is 0.417 e. The van der Waals surface area contributed by atoms with Gasteiger partial charge in [0, 0.05) is 16.3 Å². The van der Waals surface area contributed by atoms with E-state index in [0.29, 0.717) is 5.56 Å². The van der Waals surface area contributed by atoms with E-state index in [2.05, 4.69) is 0 Å². The van der Waals surface area contributed by atoms with Crippen molar-refractivity contribution < 1.29 is 13.2 Å². The quantitative estimate of drug-likeness (QED) is 0.869. The van der Waals surface area contributed by atoms with Crippen LogP contribution in [0.25, 0.3) is 0 Å². The highest BCUT2D eigenvalue weighted by molar-refractivity contribution is 7.99. The normalized spacial score (nSPS) is 11.7. The lowest BCUT2D eigenvalue weighted by molar-refractivity contribution is -0.139. The summed E-state index contributed by atoms with van der Waals surface area (Å²) in [5, 5.41) is 0. The van der Waals surface area contributed by atoms with Gasteiger partial charge in [-0.2, -0.15) is 13.2 Å². The first-order chi connectivity index (χ1) is 9.81. The molecule has 2 rings (SSSR count). The Morgan fingerprint density at radius 3 is 2.24 bits per heavy atom. The Hall–Kier alpha value is -1.46. The van der Waals surface area contributed by atoms with Crippen molar-refractivity contribution in [1.82, 2.24) is 0 Å². The first kappa shape index (κ1) is 15.9. The zero-order valence-corrected chi connectivity index (χ0v) is 12.6. The molecule has 0 aliphatic heterocycles. The number of nitrogens with two attached hydrogens (primary N) is 1. The van der Waals surface area contributed by atoms with E-state index in [1.165, 1.54) is 6.07 Å². The Balaban J connectivity index is 2.44. The van der Waals surface area contributed by atoms with Gasteiger partial charge in [0.2, 0.25) is 0 Å². The van der Waals surface area contributed by atoms with E-state index in [1.807, 2.05) is 32.0 Å². The molecule has 0 spiro atoms. The number of alkyl halides is 3. The van der Waals surface area contributed by atoms with Crippen LogP contribution in [0, 0.1) is 13.8 Å². The molecule has 2 N–H and O–H groups in total. The summed E-state index contributed by atoms with van der Waals surface area (Å²) in [7, 11) is 0. The lowest BCUT2D eigenvalue weighted by atomic mass is 10.1. The van der Waals surface area contributed by atoms with E-state index in [0.717, 1.165) is 33.9 Å². The van der Waals surface area contributed by atoms with Crippen molar-refractivity contribution in [1.29, 1.82) is 0 Å². The van der Waals surface area contributed by atoms with Crippen molar-refractivity contribution in [3.63, 3.8) is 0 Å². The minimum Gasteiger partial charge on any atom is -0.326 e. The highest BCUT2D eigenvalue weighted by Crippen LogP contribution is 2.40. The fourth-order valence-corrected chi connectivity index (χ4v) is 3.06. The van der Waals surface area contributed by atoms with Crippen LogP contribution >= 0.6 is 11.8 Å². The van der Waals surface area contributed by atoms with E-state index in [9.17, 15) is 13.2 Å². The summed E-state index contributed by atoms with van der Waals surface area (Å²) in [4.78, 5) is 1.03. The summed E-state index contributed by atoms with van der Waals surface area (Å²) >= 11 is 1.13. The van der Waals surface area contributed by atoms with Crippen molar-refractivity contribution in [2.45, 2.75) is 36.4 Å². The molecule has 0 aromatic heterocycles. The van der Waals surface area contributed by atoms with E-state index < -0.39 is 11.7 Å². The molecule has 21 heavy (non-hydrogen) atoms. The maximum atomic E-state index is 13.2. The highest BCUT2D eigenvalue weighted by Gasteiger charge is 2.33. The smallest absolute Gasteiger partial charge is 0.326 e. The topological polar surface area (TPSA) is 26.0 Å². The number of aryl methyl sites for hydroxylation is 2. The molecule has 0 saturated carbocycles. The predicted molar refractivity (Wildman–Crippen MR) is 79.4 cm³/mol. The largest absolute Gasteiger partial charge is 0.417 e. The molecule has 2 aromatic carbocycles. The number of rotatable bonds is 3. The molecule has 0 bridgehead atoms. The first-order valence-corrected chi connectivity index (χ1v) is 7.28. The van der Waals surface area contributed by atoms with Gasteiger partial charge in [0.1, 0.15) is 0 Å². The molecule has 2 aromatic rings. The zero-order chi connectivity index (χ0) is 15.6. The second kappa shape index (κ2) is 6.12. The van der Waals surface area contributed by atoms with E-state index in [-0.39, 0.29) is 11.4 Å². The second-order valence-electron chi connectivity index (χ2n) is 4.90. The third kappa shape index (κ3) is 3.80. The van der Waals surface area contributed by atoms with Gasteiger partial charge in [0.15, 0.2) is 0 Å². The molecular weight excluding hydrogens is 295 g/mol. The maximum absolute atomic E-state index is 13.2. The molecule has 0 atom stereocenters. The molecule has 0 heterocycles. The van der Waals surface area contributed by atoms with Crippen LogP contribution in [0.3, 0.4) is 0 Å². The van der Waals surface area contributed by atoms with Crippen LogP contribution < -0.4 is 5.73 Å². The number of hydrogen-bond acceptors (Lipinski definition) is 2. The summed E-state index contributed by atoms with van der Waals surface area (Å²) in [5.41, 5.74) is 7.34. The summed E-state index contributed by atoms with van der Waals surface area (Å²) < 4.78 is 39.5. The average Bonchev–Trinajstić information content (AvgIpc) is 2.41. The van der Waals surface area contributed by atoms with E-state index in [1.54, 1.807) is 6.07 Å². The summed E-state index contributed by atoms with van der Waals surface area (Å²) in [6.45, 7) is 3.95. The number of halogens is 3. The highest BCUT2D eigenvalue weighted by atomic mass is 32.2. The standard InChI is InChI=1S/C16H16F3NS/c1-10-3-5-14(11(2)7-10)21-15-6-4-12(9-20)8-13(15)16(17,18)19/h3-8H,9,20H2,1-2H3. The minimum atomic E-state index is -4.38. The molecule has 0 radical (unpaired) electrons. The van der Waals surface area contributed by atoms with Gasteiger partial charge in [-0.25, -0.2) is 0 Å². The summed E-state index contributed by atoms with van der Waals surface area (Å²) in [6.07, 6.45) is -4.38. The van der Waals surface area contributed by atoms with Gasteiger partial charge in [-0.1, -0.05) is 35.5 Å². The van der Waals surface area contributed by atoms with E-state index >= 15 is 0 Å². The van der Waals surface area contributed by atoms with Crippen molar-refractivity contribution in [2.75, 3.05) is 0 Å². The van der Waals surface area contributed by atoms with Crippen LogP contribution in [0.2, 0.25) is 0 Å². The van der Waals surface area contributed by atoms with Gasteiger partial charge in [0.25, 0.3) is 0 Å². The Bertz CT molecular complexity index is 650. The lowest BCUT2D eigenvalue weighted by Crippen LogP contribution is -2.09. The van der Waals surface area contributed by atoms with Gasteiger partial charge in [-0.15, -0.1) is 0 Å². The molecule has 0 aliphatic rings. The fourth-order valence-electron chi connectivity index (χ4n) is 2.05. The van der Waals surface area contributed by atoms with Crippen LogP contribution in [0.1, 0.15) is 22.3 Å². The number of benzene rings is 2. The SMILES string of the molecule is Cc1ccc(Sc2ccc(CN)cc2C(F)(F)F)c(C)c1. The van der Waals surface area contributed by atoms with Crippen molar-refractivity contribution in [2.24, 2.45) is 5.73 Å². The fraction of sp³-hybridized carbons (Fsp3) is 0.250. The average molecular weight is 311 g/mol. The minimum absolute atomic E-state index is 0.0948. The summed E-state index contributed by atoms with van der Waals surface area (Å²) in [6, 6.07) is 9.98. The van der Waals surface area contributed by atoms with Crippen molar-refractivity contribution in [3.05, 3.63) is 58.7 Å². The summed E-state index contributed by atoms with van der Waals surface area (Å²) in [5.74, 6) is 0.